The summed E-state index contributed by atoms with van der Waals surface area (Å²) in [4.78, 5) is 11.0. The zero-order valence-electron chi connectivity index (χ0n) is 11.8. The summed E-state index contributed by atoms with van der Waals surface area (Å²) in [5.41, 5.74) is 2.02. The van der Waals surface area contributed by atoms with Crippen molar-refractivity contribution < 1.29 is 13.9 Å². The summed E-state index contributed by atoms with van der Waals surface area (Å²) >= 11 is 0. The van der Waals surface area contributed by atoms with Crippen LogP contribution in [0, 0.1) is 12.7 Å². The van der Waals surface area contributed by atoms with Crippen LogP contribution in [0.25, 0.3) is 0 Å². The number of hydrogen-bond acceptors (Lipinski definition) is 2. The molecule has 0 N–H and O–H groups in total. The van der Waals surface area contributed by atoms with E-state index < -0.39 is 5.82 Å². The zero-order chi connectivity index (χ0) is 14.7. The van der Waals surface area contributed by atoms with Gasteiger partial charge in [0.25, 0.3) is 0 Å². The Labute approximate surface area is 118 Å². The van der Waals surface area contributed by atoms with Crippen LogP contribution in [0.2, 0.25) is 0 Å². The van der Waals surface area contributed by atoms with Gasteiger partial charge in [-0.25, -0.2) is 4.39 Å². The number of carbonyl (C=O) groups excluding carboxylic acids is 1. The summed E-state index contributed by atoms with van der Waals surface area (Å²) in [6, 6.07) is 10.3. The minimum Gasteiger partial charge on any atom is -0.456 e. The second kappa shape index (κ2) is 5.87. The van der Waals surface area contributed by atoms with Gasteiger partial charge in [0.15, 0.2) is 6.29 Å². The van der Waals surface area contributed by atoms with Gasteiger partial charge in [-0.2, -0.15) is 0 Å². The van der Waals surface area contributed by atoms with E-state index in [4.69, 9.17) is 4.74 Å². The molecule has 0 saturated heterocycles. The molecule has 0 radical (unpaired) electrons. The molecule has 0 bridgehead atoms. The maximum absolute atomic E-state index is 13.6. The Morgan fingerprint density at radius 3 is 2.55 bits per heavy atom. The summed E-state index contributed by atoms with van der Waals surface area (Å²) in [6.07, 6.45) is 0.478. The summed E-state index contributed by atoms with van der Waals surface area (Å²) in [5, 5.41) is 0. The van der Waals surface area contributed by atoms with Gasteiger partial charge in [0.05, 0.1) is 5.56 Å². The van der Waals surface area contributed by atoms with E-state index in [0.29, 0.717) is 18.0 Å². The fourth-order valence-electron chi connectivity index (χ4n) is 1.92. The summed E-state index contributed by atoms with van der Waals surface area (Å²) < 4.78 is 19.3. The molecule has 20 heavy (non-hydrogen) atoms. The van der Waals surface area contributed by atoms with Crippen molar-refractivity contribution in [2.45, 2.75) is 26.7 Å². The van der Waals surface area contributed by atoms with Crippen LogP contribution < -0.4 is 4.74 Å². The molecule has 2 rings (SSSR count). The highest BCUT2D eigenvalue weighted by Crippen LogP contribution is 2.30. The molecule has 0 aromatic heterocycles. The van der Waals surface area contributed by atoms with Gasteiger partial charge in [-0.1, -0.05) is 32.0 Å². The summed E-state index contributed by atoms with van der Waals surface area (Å²) in [5.74, 6) is 0.681. The smallest absolute Gasteiger partial charge is 0.156 e. The number of rotatable bonds is 4. The summed E-state index contributed by atoms with van der Waals surface area (Å²) in [7, 11) is 0. The minimum atomic E-state index is -0.574. The van der Waals surface area contributed by atoms with Gasteiger partial charge in [-0.3, -0.25) is 4.79 Å². The molecular formula is C17H17FO2. The second-order valence-electron chi connectivity index (χ2n) is 5.05. The van der Waals surface area contributed by atoms with Crippen LogP contribution in [0.5, 0.6) is 11.5 Å². The molecule has 2 aromatic rings. The van der Waals surface area contributed by atoms with Crippen LogP contribution in [0.15, 0.2) is 36.4 Å². The van der Waals surface area contributed by atoms with Crippen LogP contribution in [-0.4, -0.2) is 6.29 Å². The third-order valence-corrected chi connectivity index (χ3v) is 3.23. The third-order valence-electron chi connectivity index (χ3n) is 3.23. The molecule has 0 atom stereocenters. The number of ether oxygens (including phenoxy) is 1. The van der Waals surface area contributed by atoms with Crippen LogP contribution in [0.3, 0.4) is 0 Å². The largest absolute Gasteiger partial charge is 0.456 e. The molecule has 0 spiro atoms. The molecule has 0 aliphatic heterocycles. The predicted octanol–water partition coefficient (Wildman–Crippen LogP) is 4.86. The van der Waals surface area contributed by atoms with E-state index in [1.165, 1.54) is 12.1 Å². The van der Waals surface area contributed by atoms with Crippen molar-refractivity contribution in [2.24, 2.45) is 0 Å². The Balaban J connectivity index is 2.42. The van der Waals surface area contributed by atoms with Crippen molar-refractivity contribution >= 4 is 6.29 Å². The molecule has 0 aliphatic rings. The van der Waals surface area contributed by atoms with Crippen molar-refractivity contribution in [3.05, 3.63) is 58.9 Å². The fourth-order valence-corrected chi connectivity index (χ4v) is 1.92. The molecule has 3 heteroatoms. The lowest BCUT2D eigenvalue weighted by Gasteiger charge is -2.13. The van der Waals surface area contributed by atoms with Crippen molar-refractivity contribution in [1.29, 1.82) is 0 Å². The van der Waals surface area contributed by atoms with Crippen molar-refractivity contribution in [3.8, 4) is 11.5 Å². The molecular weight excluding hydrogens is 255 g/mol. The minimum absolute atomic E-state index is 0.0538. The molecule has 2 nitrogen and oxygen atoms in total. The van der Waals surface area contributed by atoms with Crippen LogP contribution in [0.4, 0.5) is 4.39 Å². The number of aryl methyl sites for hydroxylation is 1. The molecule has 0 heterocycles. The lowest BCUT2D eigenvalue weighted by molar-refractivity contribution is 0.111. The Morgan fingerprint density at radius 2 is 1.90 bits per heavy atom. The number of hydrogen-bond donors (Lipinski definition) is 0. The first-order valence-corrected chi connectivity index (χ1v) is 6.55. The predicted molar refractivity (Wildman–Crippen MR) is 77.1 cm³/mol. The topological polar surface area (TPSA) is 26.3 Å². The van der Waals surface area contributed by atoms with Crippen molar-refractivity contribution in [3.63, 3.8) is 0 Å². The van der Waals surface area contributed by atoms with Gasteiger partial charge in [0, 0.05) is 0 Å². The van der Waals surface area contributed by atoms with Gasteiger partial charge < -0.3 is 4.74 Å². The molecule has 0 unspecified atom stereocenters. The van der Waals surface area contributed by atoms with Gasteiger partial charge in [-0.15, -0.1) is 0 Å². The molecule has 104 valence electrons. The van der Waals surface area contributed by atoms with Crippen molar-refractivity contribution in [1.82, 2.24) is 0 Å². The van der Waals surface area contributed by atoms with E-state index in [0.717, 1.165) is 11.1 Å². The molecule has 2 aromatic carbocycles. The Kier molecular flexibility index (Phi) is 4.18. The van der Waals surface area contributed by atoms with E-state index >= 15 is 0 Å². The van der Waals surface area contributed by atoms with Gasteiger partial charge >= 0.3 is 0 Å². The first-order valence-electron chi connectivity index (χ1n) is 6.55. The number of halogens is 1. The highest BCUT2D eigenvalue weighted by atomic mass is 19.1. The maximum Gasteiger partial charge on any atom is 0.156 e. The lowest BCUT2D eigenvalue weighted by atomic mass is 10.0. The van der Waals surface area contributed by atoms with Crippen LogP contribution in [-0.2, 0) is 0 Å². The maximum atomic E-state index is 13.6. The first kappa shape index (κ1) is 14.3. The van der Waals surface area contributed by atoms with E-state index in [2.05, 4.69) is 13.8 Å². The van der Waals surface area contributed by atoms with E-state index in [1.807, 2.05) is 25.1 Å². The first-order chi connectivity index (χ1) is 9.52. The Morgan fingerprint density at radius 1 is 1.15 bits per heavy atom. The SMILES string of the molecule is Cc1ccc(C(C)C)cc1Oc1cccc(F)c1C=O. The van der Waals surface area contributed by atoms with Crippen LogP contribution in [0.1, 0.15) is 41.3 Å². The average molecular weight is 272 g/mol. The van der Waals surface area contributed by atoms with Crippen LogP contribution >= 0.6 is 0 Å². The zero-order valence-corrected chi connectivity index (χ0v) is 11.8. The van der Waals surface area contributed by atoms with Gasteiger partial charge in [0.1, 0.15) is 17.3 Å². The van der Waals surface area contributed by atoms with E-state index in [9.17, 15) is 9.18 Å². The molecule has 0 saturated carbocycles. The normalized spacial score (nSPS) is 10.7. The highest BCUT2D eigenvalue weighted by Gasteiger charge is 2.11. The standard InChI is InChI=1S/C17H17FO2/c1-11(2)13-8-7-12(3)17(9-13)20-16-6-4-5-15(18)14(16)10-19/h4-11H,1-3H3. The van der Waals surface area contributed by atoms with E-state index in [-0.39, 0.29) is 11.3 Å². The second-order valence-corrected chi connectivity index (χ2v) is 5.05. The lowest BCUT2D eigenvalue weighted by Crippen LogP contribution is -1.97. The molecule has 0 aliphatic carbocycles. The third kappa shape index (κ3) is 2.87. The Hall–Kier alpha value is -2.16. The van der Waals surface area contributed by atoms with Gasteiger partial charge in [0.2, 0.25) is 0 Å². The quantitative estimate of drug-likeness (QED) is 0.743. The number of benzene rings is 2. The molecule has 0 amide bonds. The van der Waals surface area contributed by atoms with Crippen molar-refractivity contribution in [2.75, 3.05) is 0 Å². The highest BCUT2D eigenvalue weighted by molar-refractivity contribution is 5.79. The average Bonchev–Trinajstić information content (AvgIpc) is 2.41. The Bertz CT molecular complexity index is 633. The molecule has 0 fully saturated rings. The monoisotopic (exact) mass is 272 g/mol. The fraction of sp³-hybridized carbons (Fsp3) is 0.235. The van der Waals surface area contributed by atoms with Gasteiger partial charge in [-0.05, 0) is 42.2 Å². The number of aldehydes is 1. The number of carbonyl (C=O) groups is 1. The van der Waals surface area contributed by atoms with E-state index in [1.54, 1.807) is 6.07 Å². The summed E-state index contributed by atoms with van der Waals surface area (Å²) in [6.45, 7) is 6.10.